The first-order valence-corrected chi connectivity index (χ1v) is 6.94. The van der Waals surface area contributed by atoms with Crippen molar-refractivity contribution in [3.8, 4) is 5.75 Å². The van der Waals surface area contributed by atoms with Crippen molar-refractivity contribution in [2.24, 2.45) is 5.73 Å². The van der Waals surface area contributed by atoms with E-state index in [4.69, 9.17) is 41.2 Å². The molecule has 4 N–H and O–H groups in total. The van der Waals surface area contributed by atoms with Crippen LogP contribution in [0.15, 0.2) is 36.4 Å². The highest BCUT2D eigenvalue weighted by atomic mass is 35.5. The Labute approximate surface area is 136 Å². The SMILES string of the molecule is NC(=S)c1ccc(Cl)cc1NC(=O)c1cc(Cl)ccc1O. The Kier molecular flexibility index (Phi) is 4.67. The van der Waals surface area contributed by atoms with Crippen LogP contribution in [-0.2, 0) is 0 Å². The number of halogens is 2. The van der Waals surface area contributed by atoms with Crippen molar-refractivity contribution in [3.05, 3.63) is 57.6 Å². The smallest absolute Gasteiger partial charge is 0.259 e. The summed E-state index contributed by atoms with van der Waals surface area (Å²) in [4.78, 5) is 12.3. The second-order valence-electron chi connectivity index (χ2n) is 4.17. The lowest BCUT2D eigenvalue weighted by Gasteiger charge is -2.11. The van der Waals surface area contributed by atoms with E-state index in [0.717, 1.165) is 0 Å². The number of thiocarbonyl (C=S) groups is 1. The molecule has 0 saturated heterocycles. The molecular formula is C14H10Cl2N2O2S. The van der Waals surface area contributed by atoms with Crippen molar-refractivity contribution in [1.82, 2.24) is 0 Å². The molecule has 0 aromatic heterocycles. The van der Waals surface area contributed by atoms with Crippen LogP contribution in [0, 0.1) is 0 Å². The van der Waals surface area contributed by atoms with Crippen LogP contribution in [-0.4, -0.2) is 16.0 Å². The average Bonchev–Trinajstić information content (AvgIpc) is 2.41. The number of carbonyl (C=O) groups is 1. The van der Waals surface area contributed by atoms with Crippen molar-refractivity contribution >= 4 is 52.0 Å². The summed E-state index contributed by atoms with van der Waals surface area (Å²) < 4.78 is 0. The lowest BCUT2D eigenvalue weighted by atomic mass is 10.1. The van der Waals surface area contributed by atoms with E-state index in [-0.39, 0.29) is 16.3 Å². The van der Waals surface area contributed by atoms with Gasteiger partial charge in [0, 0.05) is 15.6 Å². The van der Waals surface area contributed by atoms with Gasteiger partial charge in [0.1, 0.15) is 10.7 Å². The fourth-order valence-electron chi connectivity index (χ4n) is 1.71. The Balaban J connectivity index is 2.38. The molecule has 2 aromatic rings. The monoisotopic (exact) mass is 340 g/mol. The molecular weight excluding hydrogens is 331 g/mol. The third kappa shape index (κ3) is 3.64. The maximum Gasteiger partial charge on any atom is 0.259 e. The molecule has 1 amide bonds. The fourth-order valence-corrected chi connectivity index (χ4v) is 2.24. The van der Waals surface area contributed by atoms with E-state index in [9.17, 15) is 9.90 Å². The second-order valence-corrected chi connectivity index (χ2v) is 5.48. The molecule has 4 nitrogen and oxygen atoms in total. The number of phenolic OH excluding ortho intramolecular Hbond substituents is 1. The molecule has 2 rings (SSSR count). The predicted molar refractivity (Wildman–Crippen MR) is 88.4 cm³/mol. The first-order valence-electron chi connectivity index (χ1n) is 5.77. The van der Waals surface area contributed by atoms with Gasteiger partial charge in [0.2, 0.25) is 0 Å². The Morgan fingerprint density at radius 3 is 2.38 bits per heavy atom. The van der Waals surface area contributed by atoms with Crippen LogP contribution in [0.25, 0.3) is 0 Å². The maximum atomic E-state index is 12.2. The quantitative estimate of drug-likeness (QED) is 0.746. The molecule has 2 aromatic carbocycles. The van der Waals surface area contributed by atoms with Crippen LogP contribution in [0.1, 0.15) is 15.9 Å². The lowest BCUT2D eigenvalue weighted by molar-refractivity contribution is 0.102. The van der Waals surface area contributed by atoms with Crippen molar-refractivity contribution in [3.63, 3.8) is 0 Å². The van der Waals surface area contributed by atoms with Gasteiger partial charge in [0.25, 0.3) is 5.91 Å². The lowest BCUT2D eigenvalue weighted by Crippen LogP contribution is -2.17. The largest absolute Gasteiger partial charge is 0.507 e. The number of carbonyl (C=O) groups excluding carboxylic acids is 1. The molecule has 0 bridgehead atoms. The molecule has 0 aliphatic heterocycles. The second kappa shape index (κ2) is 6.30. The Morgan fingerprint density at radius 2 is 1.71 bits per heavy atom. The molecule has 0 radical (unpaired) electrons. The molecule has 0 spiro atoms. The predicted octanol–water partition coefficient (Wildman–Crippen LogP) is 3.59. The summed E-state index contributed by atoms with van der Waals surface area (Å²) in [6, 6.07) is 8.92. The van der Waals surface area contributed by atoms with E-state index in [1.165, 1.54) is 24.3 Å². The highest BCUT2D eigenvalue weighted by molar-refractivity contribution is 7.80. The zero-order chi connectivity index (χ0) is 15.6. The standard InChI is InChI=1S/C14H10Cl2N2O2S/c15-7-2-4-12(19)10(5-7)14(20)18-11-6-8(16)1-3-9(11)13(17)21/h1-6,19H,(H2,17,21)(H,18,20). The van der Waals surface area contributed by atoms with Gasteiger partial charge in [-0.1, -0.05) is 35.4 Å². The summed E-state index contributed by atoms with van der Waals surface area (Å²) in [5.74, 6) is -0.731. The molecule has 21 heavy (non-hydrogen) atoms. The number of hydrogen-bond acceptors (Lipinski definition) is 3. The number of hydrogen-bond donors (Lipinski definition) is 3. The molecule has 0 aliphatic carbocycles. The molecule has 0 atom stereocenters. The fraction of sp³-hybridized carbons (Fsp3) is 0. The highest BCUT2D eigenvalue weighted by Crippen LogP contribution is 2.25. The van der Waals surface area contributed by atoms with Crippen LogP contribution in [0.4, 0.5) is 5.69 Å². The van der Waals surface area contributed by atoms with Crippen LogP contribution in [0.2, 0.25) is 10.0 Å². The summed E-state index contributed by atoms with van der Waals surface area (Å²) in [6.45, 7) is 0. The zero-order valence-corrected chi connectivity index (χ0v) is 12.9. The van der Waals surface area contributed by atoms with E-state index >= 15 is 0 Å². The van der Waals surface area contributed by atoms with Crippen LogP contribution >= 0.6 is 35.4 Å². The van der Waals surface area contributed by atoms with Gasteiger partial charge in [-0.3, -0.25) is 4.79 Å². The molecule has 0 unspecified atom stereocenters. The molecule has 7 heteroatoms. The summed E-state index contributed by atoms with van der Waals surface area (Å²) in [5, 5.41) is 13.1. The van der Waals surface area contributed by atoms with Gasteiger partial charge in [-0.15, -0.1) is 0 Å². The van der Waals surface area contributed by atoms with Gasteiger partial charge >= 0.3 is 0 Å². The van der Waals surface area contributed by atoms with Crippen molar-refractivity contribution in [1.29, 1.82) is 0 Å². The van der Waals surface area contributed by atoms with Crippen LogP contribution in [0.3, 0.4) is 0 Å². The maximum absolute atomic E-state index is 12.2. The normalized spacial score (nSPS) is 10.2. The van der Waals surface area contributed by atoms with Crippen molar-refractivity contribution in [2.75, 3.05) is 5.32 Å². The van der Waals surface area contributed by atoms with Crippen molar-refractivity contribution in [2.45, 2.75) is 0 Å². The van der Waals surface area contributed by atoms with E-state index in [1.54, 1.807) is 12.1 Å². The van der Waals surface area contributed by atoms with Crippen LogP contribution in [0.5, 0.6) is 5.75 Å². The number of nitrogens with one attached hydrogen (secondary N) is 1. The number of rotatable bonds is 3. The zero-order valence-electron chi connectivity index (χ0n) is 10.6. The third-order valence-corrected chi connectivity index (χ3v) is 3.39. The van der Waals surface area contributed by atoms with Gasteiger partial charge in [-0.2, -0.15) is 0 Å². The summed E-state index contributed by atoms with van der Waals surface area (Å²) in [7, 11) is 0. The first-order chi connectivity index (χ1) is 9.88. The molecule has 108 valence electrons. The van der Waals surface area contributed by atoms with E-state index < -0.39 is 5.91 Å². The molecule has 0 aliphatic rings. The highest BCUT2D eigenvalue weighted by Gasteiger charge is 2.15. The number of benzene rings is 2. The van der Waals surface area contributed by atoms with Crippen LogP contribution < -0.4 is 11.1 Å². The summed E-state index contributed by atoms with van der Waals surface area (Å²) >= 11 is 16.6. The van der Waals surface area contributed by atoms with Crippen molar-refractivity contribution < 1.29 is 9.90 Å². The number of anilines is 1. The number of phenols is 1. The molecule has 0 saturated carbocycles. The van der Waals surface area contributed by atoms with E-state index in [0.29, 0.717) is 21.3 Å². The minimum absolute atomic E-state index is 0.0383. The van der Waals surface area contributed by atoms with Gasteiger partial charge in [0.15, 0.2) is 0 Å². The summed E-state index contributed by atoms with van der Waals surface area (Å²) in [6.07, 6.45) is 0. The van der Waals surface area contributed by atoms with Gasteiger partial charge in [-0.25, -0.2) is 0 Å². The Morgan fingerprint density at radius 1 is 1.10 bits per heavy atom. The van der Waals surface area contributed by atoms with Gasteiger partial charge in [0.05, 0.1) is 11.3 Å². The minimum Gasteiger partial charge on any atom is -0.507 e. The van der Waals surface area contributed by atoms with Gasteiger partial charge in [-0.05, 0) is 36.4 Å². The van der Waals surface area contributed by atoms with E-state index in [1.807, 2.05) is 0 Å². The Bertz CT molecular complexity index is 735. The van der Waals surface area contributed by atoms with Gasteiger partial charge < -0.3 is 16.2 Å². The number of amides is 1. The number of aromatic hydroxyl groups is 1. The number of nitrogens with two attached hydrogens (primary N) is 1. The Hall–Kier alpha value is -1.82. The molecule has 0 heterocycles. The first kappa shape index (κ1) is 15.6. The summed E-state index contributed by atoms with van der Waals surface area (Å²) in [5.41, 5.74) is 6.47. The average molecular weight is 341 g/mol. The third-order valence-electron chi connectivity index (χ3n) is 2.70. The minimum atomic E-state index is -0.547. The van der Waals surface area contributed by atoms with E-state index in [2.05, 4.69) is 5.32 Å². The topological polar surface area (TPSA) is 75.3 Å². The molecule has 0 fully saturated rings.